The third-order valence-electron chi connectivity index (χ3n) is 3.96. The summed E-state index contributed by atoms with van der Waals surface area (Å²) in [5.74, 6) is 0.599. The molecule has 0 spiro atoms. The molecule has 2 saturated heterocycles. The highest BCUT2D eigenvalue weighted by Gasteiger charge is 2.28. The van der Waals surface area contributed by atoms with Crippen molar-refractivity contribution in [2.24, 2.45) is 17.6 Å². The Morgan fingerprint density at radius 3 is 2.74 bits per heavy atom. The van der Waals surface area contributed by atoms with Gasteiger partial charge in [-0.15, -0.1) is 0 Å². The average Bonchev–Trinajstić information content (AvgIpc) is 2.46. The van der Waals surface area contributed by atoms with Crippen LogP contribution in [0.4, 0.5) is 0 Å². The maximum absolute atomic E-state index is 12.2. The molecule has 2 aliphatic rings. The topological polar surface area (TPSA) is 84.7 Å². The number of nitrogens with one attached hydrogen (secondary N) is 1. The van der Waals surface area contributed by atoms with Crippen LogP contribution in [0.5, 0.6) is 0 Å². The van der Waals surface area contributed by atoms with Gasteiger partial charge in [-0.2, -0.15) is 12.7 Å². The van der Waals surface area contributed by atoms with E-state index in [9.17, 15) is 8.42 Å². The molecule has 0 aliphatic carbocycles. The van der Waals surface area contributed by atoms with Crippen LogP contribution >= 0.6 is 0 Å². The number of ether oxygens (including phenoxy) is 1. The van der Waals surface area contributed by atoms with Crippen molar-refractivity contribution in [3.8, 4) is 0 Å². The second-order valence-corrected chi connectivity index (χ2v) is 7.29. The molecular formula is C12H25N3O3S. The lowest BCUT2D eigenvalue weighted by atomic mass is 10.0. The van der Waals surface area contributed by atoms with Gasteiger partial charge in [-0.1, -0.05) is 0 Å². The van der Waals surface area contributed by atoms with E-state index in [1.807, 2.05) is 0 Å². The fourth-order valence-corrected chi connectivity index (χ4v) is 4.13. The molecule has 0 saturated carbocycles. The van der Waals surface area contributed by atoms with E-state index >= 15 is 0 Å². The van der Waals surface area contributed by atoms with Gasteiger partial charge in [0.1, 0.15) is 0 Å². The molecule has 2 rings (SSSR count). The number of hydrogen-bond donors (Lipinski definition) is 2. The highest BCUT2D eigenvalue weighted by atomic mass is 32.2. The van der Waals surface area contributed by atoms with Crippen LogP contribution in [-0.4, -0.2) is 52.1 Å². The van der Waals surface area contributed by atoms with Gasteiger partial charge in [0.2, 0.25) is 0 Å². The van der Waals surface area contributed by atoms with E-state index < -0.39 is 10.2 Å². The summed E-state index contributed by atoms with van der Waals surface area (Å²) in [6, 6.07) is 0. The first kappa shape index (κ1) is 15.2. The minimum atomic E-state index is -3.35. The number of rotatable bonds is 5. The molecule has 0 aromatic heterocycles. The standard InChI is InChI=1S/C12H25N3O3S/c13-7-11-3-1-5-15(9-11)19(16,17)14-8-12-4-2-6-18-10-12/h11-12,14H,1-10,13H2. The lowest BCUT2D eigenvalue weighted by molar-refractivity contribution is 0.0566. The first-order valence-corrected chi connectivity index (χ1v) is 8.58. The van der Waals surface area contributed by atoms with Gasteiger partial charge >= 0.3 is 0 Å². The van der Waals surface area contributed by atoms with Crippen molar-refractivity contribution < 1.29 is 13.2 Å². The Morgan fingerprint density at radius 2 is 2.05 bits per heavy atom. The smallest absolute Gasteiger partial charge is 0.279 e. The fourth-order valence-electron chi connectivity index (χ4n) is 2.72. The van der Waals surface area contributed by atoms with Gasteiger partial charge in [0, 0.05) is 26.2 Å². The SMILES string of the molecule is NCC1CCCN(S(=O)(=O)NCC2CCCOC2)C1. The quantitative estimate of drug-likeness (QED) is 0.742. The lowest BCUT2D eigenvalue weighted by Gasteiger charge is -2.32. The Labute approximate surface area is 115 Å². The lowest BCUT2D eigenvalue weighted by Crippen LogP contribution is -2.48. The van der Waals surface area contributed by atoms with Gasteiger partial charge in [-0.05, 0) is 44.1 Å². The average molecular weight is 291 g/mol. The molecule has 0 bridgehead atoms. The zero-order valence-electron chi connectivity index (χ0n) is 11.4. The zero-order valence-corrected chi connectivity index (χ0v) is 12.2. The maximum Gasteiger partial charge on any atom is 0.279 e. The van der Waals surface area contributed by atoms with Gasteiger partial charge in [-0.3, -0.25) is 0 Å². The highest BCUT2D eigenvalue weighted by Crippen LogP contribution is 2.18. The minimum absolute atomic E-state index is 0.295. The Balaban J connectivity index is 1.83. The summed E-state index contributed by atoms with van der Waals surface area (Å²) >= 11 is 0. The third kappa shape index (κ3) is 4.39. The van der Waals surface area contributed by atoms with Crippen LogP contribution < -0.4 is 10.5 Å². The molecule has 7 heteroatoms. The number of hydrogen-bond acceptors (Lipinski definition) is 4. The monoisotopic (exact) mass is 291 g/mol. The normalized spacial score (nSPS) is 30.4. The summed E-state index contributed by atoms with van der Waals surface area (Å²) in [5.41, 5.74) is 5.64. The summed E-state index contributed by atoms with van der Waals surface area (Å²) in [7, 11) is -3.35. The van der Waals surface area contributed by atoms with Crippen LogP contribution in [0.1, 0.15) is 25.7 Å². The van der Waals surface area contributed by atoms with E-state index in [1.54, 1.807) is 0 Å². The van der Waals surface area contributed by atoms with E-state index in [-0.39, 0.29) is 0 Å². The third-order valence-corrected chi connectivity index (χ3v) is 5.51. The molecule has 0 radical (unpaired) electrons. The van der Waals surface area contributed by atoms with E-state index in [2.05, 4.69) is 4.72 Å². The number of piperidine rings is 1. The Bertz CT molecular complexity index is 368. The molecule has 2 heterocycles. The van der Waals surface area contributed by atoms with Crippen molar-refractivity contribution in [2.75, 3.05) is 39.4 Å². The molecule has 6 nitrogen and oxygen atoms in total. The molecule has 19 heavy (non-hydrogen) atoms. The largest absolute Gasteiger partial charge is 0.381 e. The molecule has 2 atom stereocenters. The summed E-state index contributed by atoms with van der Waals surface area (Å²) in [6.07, 6.45) is 3.98. The Hall–Kier alpha value is -0.210. The van der Waals surface area contributed by atoms with Crippen molar-refractivity contribution in [1.29, 1.82) is 0 Å². The van der Waals surface area contributed by atoms with Crippen LogP contribution in [0.3, 0.4) is 0 Å². The maximum atomic E-state index is 12.2. The molecule has 2 aliphatic heterocycles. The molecule has 0 aromatic rings. The molecule has 2 unspecified atom stereocenters. The second kappa shape index (κ2) is 6.99. The first-order chi connectivity index (χ1) is 9.12. The molecule has 0 amide bonds. The second-order valence-electron chi connectivity index (χ2n) is 5.54. The van der Waals surface area contributed by atoms with Crippen LogP contribution in [0.25, 0.3) is 0 Å². The van der Waals surface area contributed by atoms with Gasteiger partial charge in [0.05, 0.1) is 6.61 Å². The molecular weight excluding hydrogens is 266 g/mol. The Kier molecular flexibility index (Phi) is 5.58. The van der Waals surface area contributed by atoms with Gasteiger partial charge < -0.3 is 10.5 Å². The van der Waals surface area contributed by atoms with E-state index in [0.717, 1.165) is 32.3 Å². The number of nitrogens with two attached hydrogens (primary N) is 1. The minimum Gasteiger partial charge on any atom is -0.381 e. The van der Waals surface area contributed by atoms with Crippen LogP contribution in [0, 0.1) is 11.8 Å². The number of nitrogens with zero attached hydrogens (tertiary/aromatic N) is 1. The highest BCUT2D eigenvalue weighted by molar-refractivity contribution is 7.87. The first-order valence-electron chi connectivity index (χ1n) is 7.14. The molecule has 0 aromatic carbocycles. The van der Waals surface area contributed by atoms with Crippen molar-refractivity contribution in [1.82, 2.24) is 9.03 Å². The van der Waals surface area contributed by atoms with Crippen LogP contribution in [-0.2, 0) is 14.9 Å². The predicted octanol–water partition coefficient (Wildman–Crippen LogP) is -0.0819. The summed E-state index contributed by atoms with van der Waals surface area (Å²) in [5, 5.41) is 0. The summed E-state index contributed by atoms with van der Waals surface area (Å²) in [6.45, 7) is 3.65. The molecule has 2 fully saturated rings. The predicted molar refractivity (Wildman–Crippen MR) is 73.8 cm³/mol. The van der Waals surface area contributed by atoms with Crippen molar-refractivity contribution >= 4 is 10.2 Å². The summed E-state index contributed by atoms with van der Waals surface area (Å²) in [4.78, 5) is 0. The van der Waals surface area contributed by atoms with E-state index in [0.29, 0.717) is 44.6 Å². The Morgan fingerprint density at radius 1 is 1.26 bits per heavy atom. The van der Waals surface area contributed by atoms with E-state index in [4.69, 9.17) is 10.5 Å². The van der Waals surface area contributed by atoms with Gasteiger partial charge in [0.15, 0.2) is 0 Å². The van der Waals surface area contributed by atoms with E-state index in [1.165, 1.54) is 4.31 Å². The van der Waals surface area contributed by atoms with Crippen LogP contribution in [0.15, 0.2) is 0 Å². The summed E-state index contributed by atoms with van der Waals surface area (Å²) < 4.78 is 34.1. The van der Waals surface area contributed by atoms with Crippen LogP contribution in [0.2, 0.25) is 0 Å². The van der Waals surface area contributed by atoms with Gasteiger partial charge in [0.25, 0.3) is 10.2 Å². The van der Waals surface area contributed by atoms with Crippen molar-refractivity contribution in [2.45, 2.75) is 25.7 Å². The fraction of sp³-hybridized carbons (Fsp3) is 1.00. The zero-order chi connectivity index (χ0) is 13.7. The molecule has 3 N–H and O–H groups in total. The molecule has 112 valence electrons. The van der Waals surface area contributed by atoms with Crippen molar-refractivity contribution in [3.05, 3.63) is 0 Å². The van der Waals surface area contributed by atoms with Crippen molar-refractivity contribution in [3.63, 3.8) is 0 Å². The van der Waals surface area contributed by atoms with Gasteiger partial charge in [-0.25, -0.2) is 4.72 Å².